The van der Waals surface area contributed by atoms with E-state index in [-0.39, 0.29) is 33.8 Å². The van der Waals surface area contributed by atoms with Crippen LogP contribution in [-0.4, -0.2) is 16.8 Å². The maximum atomic E-state index is 14.5. The Morgan fingerprint density at radius 1 is 1.06 bits per heavy atom. The van der Waals surface area contributed by atoms with Crippen molar-refractivity contribution in [2.45, 2.75) is 13.3 Å². The SMILES string of the molecule is C[C@H]1C[C@@H]1C(=O)Nc1ccc(Cl)c(C(=O)Nc2ncc(C#Cc3cccc(F)c3)cc2F)c1. The molecule has 1 heterocycles. The summed E-state index contributed by atoms with van der Waals surface area (Å²) >= 11 is 6.13. The Labute approximate surface area is 194 Å². The van der Waals surface area contributed by atoms with Gasteiger partial charge in [0.1, 0.15) is 5.82 Å². The molecular formula is C25H18ClF2N3O2. The smallest absolute Gasteiger partial charge is 0.258 e. The number of carbonyl (C=O) groups is 2. The van der Waals surface area contributed by atoms with Gasteiger partial charge in [0.15, 0.2) is 11.6 Å². The number of hydrogen-bond acceptors (Lipinski definition) is 3. The molecule has 0 aliphatic heterocycles. The average Bonchev–Trinajstić information content (AvgIpc) is 3.52. The Bertz CT molecular complexity index is 1320. The van der Waals surface area contributed by atoms with Gasteiger partial charge < -0.3 is 10.6 Å². The van der Waals surface area contributed by atoms with E-state index in [4.69, 9.17) is 11.6 Å². The van der Waals surface area contributed by atoms with Crippen molar-refractivity contribution in [1.82, 2.24) is 4.98 Å². The van der Waals surface area contributed by atoms with E-state index in [0.29, 0.717) is 17.2 Å². The largest absolute Gasteiger partial charge is 0.326 e. The number of nitrogens with one attached hydrogen (secondary N) is 2. The summed E-state index contributed by atoms with van der Waals surface area (Å²) < 4.78 is 27.7. The second-order valence-corrected chi connectivity index (χ2v) is 8.18. The van der Waals surface area contributed by atoms with Gasteiger partial charge in [-0.05, 0) is 54.8 Å². The van der Waals surface area contributed by atoms with E-state index in [0.717, 1.165) is 12.5 Å². The maximum absolute atomic E-state index is 14.5. The molecular weight excluding hydrogens is 448 g/mol. The molecule has 1 aliphatic carbocycles. The van der Waals surface area contributed by atoms with Crippen LogP contribution in [0.4, 0.5) is 20.3 Å². The summed E-state index contributed by atoms with van der Waals surface area (Å²) in [6.45, 7) is 1.99. The minimum atomic E-state index is -0.794. The van der Waals surface area contributed by atoms with Crippen molar-refractivity contribution in [2.24, 2.45) is 11.8 Å². The van der Waals surface area contributed by atoms with Crippen molar-refractivity contribution < 1.29 is 18.4 Å². The molecule has 0 unspecified atom stereocenters. The molecule has 3 aromatic rings. The molecule has 2 atom stereocenters. The fourth-order valence-corrected chi connectivity index (χ4v) is 3.39. The molecule has 2 amide bonds. The zero-order valence-corrected chi connectivity index (χ0v) is 18.2. The van der Waals surface area contributed by atoms with Gasteiger partial charge in [-0.3, -0.25) is 9.59 Å². The van der Waals surface area contributed by atoms with Crippen LogP contribution in [0.15, 0.2) is 54.7 Å². The molecule has 1 fully saturated rings. The molecule has 8 heteroatoms. The van der Waals surface area contributed by atoms with E-state index in [9.17, 15) is 18.4 Å². The van der Waals surface area contributed by atoms with Gasteiger partial charge in [0, 0.05) is 28.9 Å². The van der Waals surface area contributed by atoms with Crippen molar-refractivity contribution in [3.63, 3.8) is 0 Å². The summed E-state index contributed by atoms with van der Waals surface area (Å²) in [5.74, 6) is 3.43. The van der Waals surface area contributed by atoms with Crippen LogP contribution >= 0.6 is 11.6 Å². The first-order valence-electron chi connectivity index (χ1n) is 10.1. The van der Waals surface area contributed by atoms with Gasteiger partial charge in [-0.2, -0.15) is 0 Å². The van der Waals surface area contributed by atoms with E-state index < -0.39 is 17.5 Å². The van der Waals surface area contributed by atoms with Crippen LogP contribution in [0.5, 0.6) is 0 Å². The number of benzene rings is 2. The monoisotopic (exact) mass is 465 g/mol. The lowest BCUT2D eigenvalue weighted by Gasteiger charge is -2.10. The Kier molecular flexibility index (Phi) is 6.38. The van der Waals surface area contributed by atoms with Crippen molar-refractivity contribution in [2.75, 3.05) is 10.6 Å². The van der Waals surface area contributed by atoms with E-state index in [2.05, 4.69) is 27.5 Å². The van der Waals surface area contributed by atoms with Crippen LogP contribution in [0.2, 0.25) is 5.02 Å². The first-order valence-corrected chi connectivity index (χ1v) is 10.5. The highest BCUT2D eigenvalue weighted by Crippen LogP contribution is 2.38. The first kappa shape index (κ1) is 22.4. The summed E-state index contributed by atoms with van der Waals surface area (Å²) in [5.41, 5.74) is 1.18. The summed E-state index contributed by atoms with van der Waals surface area (Å²) in [7, 11) is 0. The molecule has 5 nitrogen and oxygen atoms in total. The third-order valence-electron chi connectivity index (χ3n) is 5.17. The number of carbonyl (C=O) groups excluding carboxylic acids is 2. The number of halogens is 3. The Hall–Kier alpha value is -3.76. The second kappa shape index (κ2) is 9.39. The van der Waals surface area contributed by atoms with Crippen LogP contribution in [0.25, 0.3) is 0 Å². The minimum absolute atomic E-state index is 0.0289. The lowest BCUT2D eigenvalue weighted by Crippen LogP contribution is -2.17. The van der Waals surface area contributed by atoms with Crippen LogP contribution < -0.4 is 10.6 Å². The van der Waals surface area contributed by atoms with E-state index >= 15 is 0 Å². The number of pyridine rings is 1. The van der Waals surface area contributed by atoms with Gasteiger partial charge in [-0.1, -0.05) is 36.4 Å². The number of aromatic nitrogens is 1. The van der Waals surface area contributed by atoms with Crippen molar-refractivity contribution in [3.8, 4) is 11.8 Å². The molecule has 4 rings (SSSR count). The molecule has 1 aromatic heterocycles. The topological polar surface area (TPSA) is 71.1 Å². The van der Waals surface area contributed by atoms with E-state index in [1.807, 2.05) is 6.92 Å². The Morgan fingerprint density at radius 2 is 1.82 bits per heavy atom. The highest BCUT2D eigenvalue weighted by molar-refractivity contribution is 6.34. The molecule has 1 saturated carbocycles. The van der Waals surface area contributed by atoms with E-state index in [1.54, 1.807) is 12.1 Å². The van der Waals surface area contributed by atoms with Gasteiger partial charge in [0.25, 0.3) is 5.91 Å². The van der Waals surface area contributed by atoms with Crippen molar-refractivity contribution in [3.05, 3.63) is 88.1 Å². The zero-order chi connectivity index (χ0) is 23.5. The summed E-state index contributed by atoms with van der Waals surface area (Å²) in [5, 5.41) is 5.28. The van der Waals surface area contributed by atoms with Gasteiger partial charge in [0.05, 0.1) is 10.6 Å². The van der Waals surface area contributed by atoms with Gasteiger partial charge >= 0.3 is 0 Å². The summed E-state index contributed by atoms with van der Waals surface area (Å²) in [6, 6.07) is 11.3. The van der Waals surface area contributed by atoms with Gasteiger partial charge in [0.2, 0.25) is 5.91 Å². The van der Waals surface area contributed by atoms with E-state index in [1.165, 1.54) is 36.5 Å². The number of hydrogen-bond donors (Lipinski definition) is 2. The quantitative estimate of drug-likeness (QED) is 0.516. The van der Waals surface area contributed by atoms with Crippen molar-refractivity contribution >= 4 is 34.9 Å². The number of anilines is 2. The number of amides is 2. The second-order valence-electron chi connectivity index (χ2n) is 7.77. The number of nitrogens with zero attached hydrogens (tertiary/aromatic N) is 1. The summed E-state index contributed by atoms with van der Waals surface area (Å²) in [6.07, 6.45) is 2.13. The lowest BCUT2D eigenvalue weighted by atomic mass is 10.1. The third kappa shape index (κ3) is 5.54. The molecule has 166 valence electrons. The molecule has 0 radical (unpaired) electrons. The fourth-order valence-electron chi connectivity index (χ4n) is 3.18. The van der Waals surface area contributed by atoms with Crippen LogP contribution in [0.1, 0.15) is 34.8 Å². The molecule has 2 N–H and O–H groups in total. The molecule has 0 bridgehead atoms. The highest BCUT2D eigenvalue weighted by atomic mass is 35.5. The van der Waals surface area contributed by atoms with Gasteiger partial charge in [-0.25, -0.2) is 13.8 Å². The predicted octanol–water partition coefficient (Wildman–Crippen LogP) is 5.26. The first-order chi connectivity index (χ1) is 15.8. The lowest BCUT2D eigenvalue weighted by molar-refractivity contribution is -0.117. The maximum Gasteiger partial charge on any atom is 0.258 e. The van der Waals surface area contributed by atoms with Crippen LogP contribution in [0, 0.1) is 35.3 Å². The standard InChI is InChI=1S/C25H18ClF2N3O2/c1-14-9-19(14)24(32)30-18-7-8-21(26)20(12-18)25(33)31-23-22(28)11-16(13-29-23)6-5-15-3-2-4-17(27)10-15/h2-4,7-8,10-14,19H,9H2,1H3,(H,30,32)(H,29,31,33)/t14-,19-/m0/s1. The average molecular weight is 466 g/mol. The predicted molar refractivity (Wildman–Crippen MR) is 122 cm³/mol. The molecule has 33 heavy (non-hydrogen) atoms. The molecule has 2 aromatic carbocycles. The Balaban J connectivity index is 1.47. The van der Waals surface area contributed by atoms with Crippen LogP contribution in [-0.2, 0) is 4.79 Å². The number of rotatable bonds is 4. The van der Waals surface area contributed by atoms with Crippen LogP contribution in [0.3, 0.4) is 0 Å². The van der Waals surface area contributed by atoms with Gasteiger partial charge in [-0.15, -0.1) is 0 Å². The molecule has 1 aliphatic rings. The molecule has 0 saturated heterocycles. The molecule has 0 spiro atoms. The summed E-state index contributed by atoms with van der Waals surface area (Å²) in [4.78, 5) is 28.7. The fraction of sp³-hybridized carbons (Fsp3) is 0.160. The normalized spacial score (nSPS) is 16.4. The third-order valence-corrected chi connectivity index (χ3v) is 5.50. The zero-order valence-electron chi connectivity index (χ0n) is 17.5. The minimum Gasteiger partial charge on any atom is -0.326 e. The van der Waals surface area contributed by atoms with Crippen molar-refractivity contribution in [1.29, 1.82) is 0 Å². The Morgan fingerprint density at radius 3 is 2.52 bits per heavy atom. The highest BCUT2D eigenvalue weighted by Gasteiger charge is 2.39.